The van der Waals surface area contributed by atoms with Crippen LogP contribution in [0.2, 0.25) is 0 Å². The Labute approximate surface area is 49.8 Å². The van der Waals surface area contributed by atoms with Crippen molar-refractivity contribution in [3.05, 3.63) is 0 Å². The van der Waals surface area contributed by atoms with Crippen molar-refractivity contribution in [2.45, 2.75) is 6.42 Å². The lowest BCUT2D eigenvalue weighted by Gasteiger charge is -1.83. The van der Waals surface area contributed by atoms with Gasteiger partial charge in [0.1, 0.15) is 0 Å². The molecule has 0 rings (SSSR count). The van der Waals surface area contributed by atoms with Gasteiger partial charge in [0.25, 0.3) is 0 Å². The zero-order chi connectivity index (χ0) is 5.70. The predicted octanol–water partition coefficient (Wildman–Crippen LogP) is -0.722. The van der Waals surface area contributed by atoms with Crippen LogP contribution in [0.1, 0.15) is 6.42 Å². The maximum absolute atomic E-state index is 10.1. The van der Waals surface area contributed by atoms with E-state index < -0.39 is 9.36 Å². The lowest BCUT2D eigenvalue weighted by molar-refractivity contribution is 0.690. The van der Waals surface area contributed by atoms with E-state index in [0.717, 1.165) is 6.42 Å². The van der Waals surface area contributed by atoms with Gasteiger partial charge in [-0.1, -0.05) is 0 Å². The Morgan fingerprint density at radius 1 is 1.71 bits per heavy atom. The monoisotopic (exact) mass is 139 g/mol. The summed E-state index contributed by atoms with van der Waals surface area (Å²) in [5.41, 5.74) is 5.10. The molecule has 44 valence electrons. The van der Waals surface area contributed by atoms with Gasteiger partial charge in [0, 0.05) is 15.1 Å². The third kappa shape index (κ3) is 6.33. The van der Waals surface area contributed by atoms with Crippen molar-refractivity contribution in [3.63, 3.8) is 0 Å². The highest BCUT2D eigenvalue weighted by Crippen LogP contribution is 1.72. The van der Waals surface area contributed by atoms with Crippen LogP contribution >= 0.6 is 0 Å². The molecule has 0 heterocycles. The highest BCUT2D eigenvalue weighted by atomic mass is 32.8. The van der Waals surface area contributed by atoms with Crippen molar-refractivity contribution in [1.82, 2.24) is 0 Å². The third-order valence-electron chi connectivity index (χ3n) is 0.545. The second-order valence-corrected chi connectivity index (χ2v) is 3.53. The Morgan fingerprint density at radius 2 is 2.29 bits per heavy atom. The van der Waals surface area contributed by atoms with Crippen LogP contribution in [0, 0.1) is 0 Å². The summed E-state index contributed by atoms with van der Waals surface area (Å²) in [5, 5.41) is 0. The number of hydrogen-bond donors (Lipinski definition) is 2. The van der Waals surface area contributed by atoms with Crippen molar-refractivity contribution >= 4 is 20.5 Å². The smallest absolute Gasteiger partial charge is 0.0244 e. The standard InChI is InChI=1S/C3H9NOS2/c4-2-1-3-7(5)6/h7H,1-4H2. The molecule has 2 nitrogen and oxygen atoms in total. The zero-order valence-corrected chi connectivity index (χ0v) is 5.67. The average molecular weight is 139 g/mol. The molecular formula is C3H9NOS2. The van der Waals surface area contributed by atoms with Gasteiger partial charge in [0.2, 0.25) is 0 Å². The van der Waals surface area contributed by atoms with Gasteiger partial charge in [-0.25, -0.2) is 0 Å². The van der Waals surface area contributed by atoms with Crippen LogP contribution in [0.4, 0.5) is 0 Å². The zero-order valence-electron chi connectivity index (χ0n) is 3.96. The predicted molar refractivity (Wildman–Crippen MR) is 35.4 cm³/mol. The minimum atomic E-state index is -1.35. The van der Waals surface area contributed by atoms with Crippen molar-refractivity contribution in [1.29, 1.82) is 0 Å². The first-order valence-electron chi connectivity index (χ1n) is 2.09. The number of nitrogens with two attached hydrogens (primary N) is 1. The molecule has 1 unspecified atom stereocenters. The first-order valence-corrected chi connectivity index (χ1v) is 4.55. The molecule has 4 heteroatoms. The van der Waals surface area contributed by atoms with Crippen LogP contribution in [0.25, 0.3) is 0 Å². The van der Waals surface area contributed by atoms with Gasteiger partial charge in [-0.2, -0.15) is 0 Å². The van der Waals surface area contributed by atoms with E-state index in [4.69, 9.17) is 5.73 Å². The molecule has 1 atom stereocenters. The van der Waals surface area contributed by atoms with Crippen molar-refractivity contribution in [3.8, 4) is 0 Å². The molecule has 0 saturated carbocycles. The highest BCUT2D eigenvalue weighted by Gasteiger charge is 1.79. The SMILES string of the molecule is NCCC[SH](=O)=S. The first-order chi connectivity index (χ1) is 3.27. The van der Waals surface area contributed by atoms with Crippen LogP contribution < -0.4 is 5.73 Å². The van der Waals surface area contributed by atoms with E-state index in [2.05, 4.69) is 11.2 Å². The van der Waals surface area contributed by atoms with Crippen LogP contribution in [-0.4, -0.2) is 16.5 Å². The Balaban J connectivity index is 2.98. The summed E-state index contributed by atoms with van der Waals surface area (Å²) in [6, 6.07) is 0. The van der Waals surface area contributed by atoms with Crippen molar-refractivity contribution < 1.29 is 4.21 Å². The van der Waals surface area contributed by atoms with Gasteiger partial charge in [-0.3, -0.25) is 4.21 Å². The van der Waals surface area contributed by atoms with E-state index in [9.17, 15) is 4.21 Å². The van der Waals surface area contributed by atoms with E-state index in [1.807, 2.05) is 0 Å². The lowest BCUT2D eigenvalue weighted by Crippen LogP contribution is -2.01. The molecule has 0 aliphatic carbocycles. The average Bonchev–Trinajstić information content (AvgIpc) is 1.61. The summed E-state index contributed by atoms with van der Waals surface area (Å²) in [4.78, 5) is 0. The number of rotatable bonds is 3. The molecule has 0 aromatic rings. The van der Waals surface area contributed by atoms with Crippen LogP contribution in [0.3, 0.4) is 0 Å². The minimum absolute atomic E-state index is 0.595. The fraction of sp³-hybridized carbons (Fsp3) is 1.00. The Kier molecular flexibility index (Phi) is 4.70. The van der Waals surface area contributed by atoms with Gasteiger partial charge < -0.3 is 5.73 Å². The number of hydrogen-bond acceptors (Lipinski definition) is 3. The molecule has 0 saturated heterocycles. The Hall–Kier alpha value is 0.330. The van der Waals surface area contributed by atoms with Gasteiger partial charge in [0.05, 0.1) is 0 Å². The fourth-order valence-corrected chi connectivity index (χ4v) is 1.05. The fourth-order valence-electron chi connectivity index (χ4n) is 0.220. The molecule has 0 fully saturated rings. The Morgan fingerprint density at radius 3 is 2.43 bits per heavy atom. The summed E-state index contributed by atoms with van der Waals surface area (Å²) < 4.78 is 10.1. The van der Waals surface area contributed by atoms with Gasteiger partial charge in [-0.15, -0.1) is 0 Å². The van der Waals surface area contributed by atoms with E-state index in [1.165, 1.54) is 0 Å². The normalized spacial score (nSPS) is 13.9. The van der Waals surface area contributed by atoms with Crippen LogP contribution in [0.5, 0.6) is 0 Å². The molecule has 0 spiro atoms. The minimum Gasteiger partial charge on any atom is -0.330 e. The largest absolute Gasteiger partial charge is 0.330 e. The molecular weight excluding hydrogens is 130 g/mol. The van der Waals surface area contributed by atoms with Crippen molar-refractivity contribution in [2.24, 2.45) is 5.73 Å². The van der Waals surface area contributed by atoms with Crippen molar-refractivity contribution in [2.75, 3.05) is 12.3 Å². The maximum Gasteiger partial charge on any atom is 0.0244 e. The third-order valence-corrected chi connectivity index (χ3v) is 1.77. The molecule has 0 bridgehead atoms. The van der Waals surface area contributed by atoms with Gasteiger partial charge >= 0.3 is 0 Å². The Bertz CT molecular complexity index is 91.1. The molecule has 0 amide bonds. The van der Waals surface area contributed by atoms with Gasteiger partial charge in [-0.05, 0) is 24.2 Å². The highest BCUT2D eigenvalue weighted by molar-refractivity contribution is 8.21. The van der Waals surface area contributed by atoms with Gasteiger partial charge in [0.15, 0.2) is 0 Å². The van der Waals surface area contributed by atoms with E-state index in [1.54, 1.807) is 0 Å². The number of thiol groups is 1. The molecule has 2 N–H and O–H groups in total. The van der Waals surface area contributed by atoms with Crippen LogP contribution in [0.15, 0.2) is 0 Å². The second kappa shape index (κ2) is 4.49. The molecule has 0 radical (unpaired) electrons. The maximum atomic E-state index is 10.1. The quantitative estimate of drug-likeness (QED) is 0.507. The second-order valence-electron chi connectivity index (χ2n) is 1.20. The molecule has 0 aliphatic heterocycles. The summed E-state index contributed by atoms with van der Waals surface area (Å²) in [7, 11) is -1.35. The topological polar surface area (TPSA) is 43.1 Å². The van der Waals surface area contributed by atoms with Crippen LogP contribution in [-0.2, 0) is 20.5 Å². The van der Waals surface area contributed by atoms with E-state index in [0.29, 0.717) is 12.3 Å². The molecule has 0 aliphatic rings. The molecule has 0 aromatic carbocycles. The van der Waals surface area contributed by atoms with E-state index >= 15 is 0 Å². The summed E-state index contributed by atoms with van der Waals surface area (Å²) in [6.45, 7) is 0.595. The summed E-state index contributed by atoms with van der Waals surface area (Å²) in [6.07, 6.45) is 0.790. The summed E-state index contributed by atoms with van der Waals surface area (Å²) in [5.74, 6) is 0.598. The molecule has 7 heavy (non-hydrogen) atoms. The lowest BCUT2D eigenvalue weighted by atomic mass is 10.5. The van der Waals surface area contributed by atoms with E-state index in [-0.39, 0.29) is 0 Å². The first kappa shape index (κ1) is 7.33. The molecule has 0 aromatic heterocycles. The summed E-state index contributed by atoms with van der Waals surface area (Å²) >= 11 is 4.40.